The Kier molecular flexibility index (Phi) is 5.91. The Morgan fingerprint density at radius 2 is 1.31 bits per heavy atom. The Hall–Kier alpha value is -4.82. The molecule has 0 N–H and O–H groups in total. The van der Waals surface area contributed by atoms with Gasteiger partial charge in [0.2, 0.25) is 0 Å². The second kappa shape index (κ2) is 9.81. The van der Waals surface area contributed by atoms with Gasteiger partial charge in [-0.2, -0.15) is 0 Å². The van der Waals surface area contributed by atoms with E-state index in [0.717, 1.165) is 50.3 Å². The zero-order valence-corrected chi connectivity index (χ0v) is 19.8. The second-order valence-electron chi connectivity index (χ2n) is 8.67. The van der Waals surface area contributed by atoms with Crippen LogP contribution in [-0.2, 0) is 0 Å². The van der Waals surface area contributed by atoms with Crippen LogP contribution in [0.2, 0.25) is 0 Å². The molecule has 0 spiro atoms. The van der Waals surface area contributed by atoms with Crippen molar-refractivity contribution >= 4 is 22.4 Å². The fourth-order valence-electron chi connectivity index (χ4n) is 4.61. The zero-order chi connectivity index (χ0) is 24.2. The summed E-state index contributed by atoms with van der Waals surface area (Å²) in [6, 6.07) is 46.0. The molecule has 6 aromatic rings. The third-order valence-electron chi connectivity index (χ3n) is 6.35. The third kappa shape index (κ3) is 4.33. The molecule has 2 heteroatoms. The summed E-state index contributed by atoms with van der Waals surface area (Å²) < 4.78 is 0. The van der Waals surface area contributed by atoms with E-state index in [9.17, 15) is 0 Å². The monoisotopic (exact) mass is 460 g/mol. The number of fused-ring (bicyclic) bond motifs is 1. The number of nitrogens with zero attached hydrogens (tertiary/aromatic N) is 2. The maximum Gasteiger partial charge on any atom is 0.0787 e. The van der Waals surface area contributed by atoms with Crippen LogP contribution in [0.5, 0.6) is 0 Å². The quantitative estimate of drug-likeness (QED) is 0.241. The van der Waals surface area contributed by atoms with Crippen molar-refractivity contribution in [2.24, 2.45) is 0 Å². The SMILES string of the molecule is C(=C(c1ccccc1)c1ccccn1)c1ccccc1-c1cc2ccccc2c(-c2ccccc2)n1. The predicted octanol–water partition coefficient (Wildman–Crippen LogP) is 8.55. The van der Waals surface area contributed by atoms with E-state index in [1.54, 1.807) is 0 Å². The minimum absolute atomic E-state index is 0.940. The van der Waals surface area contributed by atoms with Gasteiger partial charge in [-0.25, -0.2) is 4.98 Å². The summed E-state index contributed by atoms with van der Waals surface area (Å²) in [6.07, 6.45) is 4.07. The highest BCUT2D eigenvalue weighted by Crippen LogP contribution is 2.34. The molecule has 0 bridgehead atoms. The largest absolute Gasteiger partial charge is 0.256 e. The third-order valence-corrected chi connectivity index (χ3v) is 6.35. The van der Waals surface area contributed by atoms with Crippen molar-refractivity contribution in [3.05, 3.63) is 156 Å². The Balaban J connectivity index is 1.57. The lowest BCUT2D eigenvalue weighted by atomic mass is 9.95. The maximum absolute atomic E-state index is 5.21. The van der Waals surface area contributed by atoms with Gasteiger partial charge in [-0.15, -0.1) is 0 Å². The van der Waals surface area contributed by atoms with Crippen LogP contribution in [0, 0.1) is 0 Å². The molecule has 0 saturated heterocycles. The van der Waals surface area contributed by atoms with E-state index < -0.39 is 0 Å². The lowest BCUT2D eigenvalue weighted by Crippen LogP contribution is -1.94. The number of aromatic nitrogens is 2. The molecule has 2 nitrogen and oxygen atoms in total. The number of rotatable bonds is 5. The van der Waals surface area contributed by atoms with E-state index in [1.807, 2.05) is 30.5 Å². The normalized spacial score (nSPS) is 11.5. The van der Waals surface area contributed by atoms with Crippen LogP contribution in [-0.4, -0.2) is 9.97 Å². The minimum Gasteiger partial charge on any atom is -0.256 e. The standard InChI is InChI=1S/C34H24N2/c1-3-13-25(14-4-1)31(32-21-11-12-22-35-32)23-27-17-7-9-19-29(27)33-24-28-18-8-10-20-30(28)34(36-33)26-15-5-2-6-16-26/h1-24H. The van der Waals surface area contributed by atoms with Crippen molar-refractivity contribution in [3.63, 3.8) is 0 Å². The minimum atomic E-state index is 0.940. The molecule has 6 rings (SSSR count). The van der Waals surface area contributed by atoms with Crippen LogP contribution >= 0.6 is 0 Å². The first kappa shape index (κ1) is 21.7. The van der Waals surface area contributed by atoms with Crippen LogP contribution in [0.1, 0.15) is 16.8 Å². The Morgan fingerprint density at radius 1 is 0.611 bits per heavy atom. The highest BCUT2D eigenvalue weighted by molar-refractivity contribution is 5.98. The molecule has 170 valence electrons. The summed E-state index contributed by atoms with van der Waals surface area (Å²) >= 11 is 0. The van der Waals surface area contributed by atoms with Gasteiger partial charge < -0.3 is 0 Å². The number of benzene rings is 4. The van der Waals surface area contributed by atoms with Gasteiger partial charge in [0.25, 0.3) is 0 Å². The first-order valence-corrected chi connectivity index (χ1v) is 12.1. The number of pyridine rings is 2. The zero-order valence-electron chi connectivity index (χ0n) is 19.8. The van der Waals surface area contributed by atoms with E-state index >= 15 is 0 Å². The molecule has 2 heterocycles. The van der Waals surface area contributed by atoms with Crippen molar-refractivity contribution in [1.29, 1.82) is 0 Å². The summed E-state index contributed by atoms with van der Waals surface area (Å²) in [7, 11) is 0. The van der Waals surface area contributed by atoms with Gasteiger partial charge in [0.1, 0.15) is 0 Å². The van der Waals surface area contributed by atoms with Gasteiger partial charge in [-0.1, -0.05) is 115 Å². The molecule has 0 aliphatic rings. The smallest absolute Gasteiger partial charge is 0.0787 e. The molecule has 0 saturated carbocycles. The van der Waals surface area contributed by atoms with Crippen LogP contribution in [0.25, 0.3) is 44.9 Å². The van der Waals surface area contributed by atoms with Crippen LogP contribution in [0.4, 0.5) is 0 Å². The summed E-state index contributed by atoms with van der Waals surface area (Å²) in [5.41, 5.74) is 8.39. The van der Waals surface area contributed by atoms with Crippen LogP contribution in [0.3, 0.4) is 0 Å². The van der Waals surface area contributed by atoms with Gasteiger partial charge in [0, 0.05) is 28.3 Å². The van der Waals surface area contributed by atoms with Gasteiger partial charge in [0.05, 0.1) is 17.1 Å². The van der Waals surface area contributed by atoms with Gasteiger partial charge in [-0.3, -0.25) is 4.98 Å². The average Bonchev–Trinajstić information content (AvgIpc) is 2.97. The first-order chi connectivity index (χ1) is 17.9. The van der Waals surface area contributed by atoms with E-state index in [4.69, 9.17) is 4.98 Å². The Labute approximate surface area is 211 Å². The molecule has 0 aliphatic heterocycles. The second-order valence-corrected chi connectivity index (χ2v) is 8.67. The van der Waals surface area contributed by atoms with Crippen molar-refractivity contribution in [3.8, 4) is 22.5 Å². The molecule has 0 fully saturated rings. The molecule has 0 unspecified atom stereocenters. The highest BCUT2D eigenvalue weighted by Gasteiger charge is 2.13. The summed E-state index contributed by atoms with van der Waals surface area (Å²) in [5.74, 6) is 0. The molecule has 4 aromatic carbocycles. The predicted molar refractivity (Wildman–Crippen MR) is 150 cm³/mol. The van der Waals surface area contributed by atoms with Crippen molar-refractivity contribution in [2.45, 2.75) is 0 Å². The maximum atomic E-state index is 5.21. The van der Waals surface area contributed by atoms with Crippen molar-refractivity contribution < 1.29 is 0 Å². The van der Waals surface area contributed by atoms with Gasteiger partial charge >= 0.3 is 0 Å². The summed E-state index contributed by atoms with van der Waals surface area (Å²) in [5, 5.41) is 2.33. The van der Waals surface area contributed by atoms with Crippen LogP contribution in [0.15, 0.2) is 140 Å². The van der Waals surface area contributed by atoms with E-state index in [-0.39, 0.29) is 0 Å². The summed E-state index contributed by atoms with van der Waals surface area (Å²) in [4.78, 5) is 9.87. The average molecular weight is 461 g/mol. The first-order valence-electron chi connectivity index (χ1n) is 12.1. The van der Waals surface area contributed by atoms with Crippen LogP contribution < -0.4 is 0 Å². The van der Waals surface area contributed by atoms with E-state index in [1.165, 1.54) is 5.39 Å². The number of hydrogen-bond donors (Lipinski definition) is 0. The lowest BCUT2D eigenvalue weighted by Gasteiger charge is -2.13. The van der Waals surface area contributed by atoms with Crippen molar-refractivity contribution in [2.75, 3.05) is 0 Å². The molecule has 0 aliphatic carbocycles. The molecule has 2 aromatic heterocycles. The molecular formula is C34H24N2. The lowest BCUT2D eigenvalue weighted by molar-refractivity contribution is 1.27. The molecular weight excluding hydrogens is 436 g/mol. The summed E-state index contributed by atoms with van der Waals surface area (Å²) in [6.45, 7) is 0. The van der Waals surface area contributed by atoms with E-state index in [0.29, 0.717) is 0 Å². The van der Waals surface area contributed by atoms with Gasteiger partial charge in [-0.05, 0) is 40.8 Å². The number of hydrogen-bond acceptors (Lipinski definition) is 2. The molecule has 0 amide bonds. The fourth-order valence-corrected chi connectivity index (χ4v) is 4.61. The Bertz CT molecular complexity index is 1610. The molecule has 36 heavy (non-hydrogen) atoms. The Morgan fingerprint density at radius 3 is 2.11 bits per heavy atom. The molecule has 0 radical (unpaired) electrons. The van der Waals surface area contributed by atoms with Crippen molar-refractivity contribution in [1.82, 2.24) is 9.97 Å². The van der Waals surface area contributed by atoms with Gasteiger partial charge in [0.15, 0.2) is 0 Å². The fraction of sp³-hybridized carbons (Fsp3) is 0. The van der Waals surface area contributed by atoms with E-state index in [2.05, 4.69) is 120 Å². The molecule has 0 atom stereocenters. The topological polar surface area (TPSA) is 25.8 Å². The highest BCUT2D eigenvalue weighted by atomic mass is 14.7.